The zero-order valence-electron chi connectivity index (χ0n) is 10.7. The lowest BCUT2D eigenvalue weighted by Gasteiger charge is -2.11. The first-order valence-electron chi connectivity index (χ1n) is 5.95. The smallest absolute Gasteiger partial charge is 0.223 e. The van der Waals surface area contributed by atoms with Gasteiger partial charge in [-0.3, -0.25) is 4.79 Å². The molecule has 0 heterocycles. The number of rotatable bonds is 7. The number of nitrogens with one attached hydrogen (secondary N) is 1. The summed E-state index contributed by atoms with van der Waals surface area (Å²) in [6.45, 7) is 5.19. The van der Waals surface area contributed by atoms with Crippen LogP contribution in [-0.2, 0) is 11.3 Å². The highest BCUT2D eigenvalue weighted by molar-refractivity contribution is 5.76. The van der Waals surface area contributed by atoms with E-state index in [1.165, 1.54) is 12.1 Å². The molecule has 3 N–H and O–H groups in total. The standard InChI is InChI=1S/C13H19FN2O2/c1-3-16-7-10-4-11(14)6-12(5-10)18-8-9(2)13(15)17/h4-6,9,16H,3,7-8H2,1-2H3,(H2,15,17). The van der Waals surface area contributed by atoms with Gasteiger partial charge in [0, 0.05) is 12.6 Å². The highest BCUT2D eigenvalue weighted by atomic mass is 19.1. The van der Waals surface area contributed by atoms with Gasteiger partial charge in [-0.2, -0.15) is 0 Å². The van der Waals surface area contributed by atoms with E-state index < -0.39 is 11.8 Å². The number of primary amides is 1. The zero-order chi connectivity index (χ0) is 13.5. The summed E-state index contributed by atoms with van der Waals surface area (Å²) in [6, 6.07) is 4.50. The molecule has 0 spiro atoms. The fourth-order valence-electron chi connectivity index (χ4n) is 1.38. The molecule has 1 aromatic carbocycles. The van der Waals surface area contributed by atoms with Gasteiger partial charge in [0.15, 0.2) is 0 Å². The minimum atomic E-state index is -0.431. The van der Waals surface area contributed by atoms with Crippen molar-refractivity contribution < 1.29 is 13.9 Å². The fourth-order valence-corrected chi connectivity index (χ4v) is 1.38. The van der Waals surface area contributed by atoms with Gasteiger partial charge in [0.25, 0.3) is 0 Å². The largest absolute Gasteiger partial charge is 0.493 e. The number of amides is 1. The number of carbonyl (C=O) groups excluding carboxylic acids is 1. The van der Waals surface area contributed by atoms with Crippen LogP contribution in [0.1, 0.15) is 19.4 Å². The second-order valence-corrected chi connectivity index (χ2v) is 4.19. The van der Waals surface area contributed by atoms with Crippen LogP contribution < -0.4 is 15.8 Å². The van der Waals surface area contributed by atoms with Crippen LogP contribution >= 0.6 is 0 Å². The van der Waals surface area contributed by atoms with E-state index in [2.05, 4.69) is 5.32 Å². The normalized spacial score (nSPS) is 12.2. The van der Waals surface area contributed by atoms with Gasteiger partial charge in [0.2, 0.25) is 5.91 Å². The van der Waals surface area contributed by atoms with E-state index in [9.17, 15) is 9.18 Å². The Morgan fingerprint density at radius 3 is 2.83 bits per heavy atom. The first-order valence-corrected chi connectivity index (χ1v) is 5.95. The molecule has 1 unspecified atom stereocenters. The molecule has 0 saturated carbocycles. The molecule has 18 heavy (non-hydrogen) atoms. The molecule has 0 aromatic heterocycles. The number of hydrogen-bond acceptors (Lipinski definition) is 3. The van der Waals surface area contributed by atoms with Gasteiger partial charge >= 0.3 is 0 Å². The van der Waals surface area contributed by atoms with Crippen molar-refractivity contribution >= 4 is 5.91 Å². The molecule has 4 nitrogen and oxygen atoms in total. The van der Waals surface area contributed by atoms with Crippen LogP contribution in [0.15, 0.2) is 18.2 Å². The third kappa shape index (κ3) is 4.71. The SMILES string of the molecule is CCNCc1cc(F)cc(OCC(C)C(N)=O)c1. The molecular formula is C13H19FN2O2. The van der Waals surface area contributed by atoms with Gasteiger partial charge in [-0.1, -0.05) is 13.8 Å². The lowest BCUT2D eigenvalue weighted by atomic mass is 10.2. The molecule has 0 aliphatic heterocycles. The summed E-state index contributed by atoms with van der Waals surface area (Å²) in [5.41, 5.74) is 5.93. The van der Waals surface area contributed by atoms with Gasteiger partial charge in [0.1, 0.15) is 11.6 Å². The Bertz CT molecular complexity index is 410. The van der Waals surface area contributed by atoms with Gasteiger partial charge in [-0.15, -0.1) is 0 Å². The van der Waals surface area contributed by atoms with E-state index in [4.69, 9.17) is 10.5 Å². The molecular weight excluding hydrogens is 235 g/mol. The number of ether oxygens (including phenoxy) is 1. The van der Waals surface area contributed by atoms with E-state index in [0.29, 0.717) is 12.3 Å². The van der Waals surface area contributed by atoms with Gasteiger partial charge in [0.05, 0.1) is 12.5 Å². The van der Waals surface area contributed by atoms with Crippen molar-refractivity contribution in [1.29, 1.82) is 0 Å². The zero-order valence-corrected chi connectivity index (χ0v) is 10.7. The third-order valence-electron chi connectivity index (χ3n) is 2.50. The maximum atomic E-state index is 13.3. The van der Waals surface area contributed by atoms with Crippen molar-refractivity contribution in [1.82, 2.24) is 5.32 Å². The van der Waals surface area contributed by atoms with Crippen LogP contribution in [0, 0.1) is 11.7 Å². The summed E-state index contributed by atoms with van der Waals surface area (Å²) in [6.07, 6.45) is 0. The predicted molar refractivity (Wildman–Crippen MR) is 67.6 cm³/mol. The lowest BCUT2D eigenvalue weighted by Crippen LogP contribution is -2.25. The topological polar surface area (TPSA) is 64.3 Å². The fraction of sp³-hybridized carbons (Fsp3) is 0.462. The molecule has 1 aromatic rings. The number of benzene rings is 1. The Morgan fingerprint density at radius 1 is 1.50 bits per heavy atom. The lowest BCUT2D eigenvalue weighted by molar-refractivity contribution is -0.122. The van der Waals surface area contributed by atoms with Crippen LogP contribution in [0.3, 0.4) is 0 Å². The quantitative estimate of drug-likeness (QED) is 0.773. The van der Waals surface area contributed by atoms with E-state index in [-0.39, 0.29) is 12.4 Å². The third-order valence-corrected chi connectivity index (χ3v) is 2.50. The van der Waals surface area contributed by atoms with E-state index in [1.807, 2.05) is 6.92 Å². The predicted octanol–water partition coefficient (Wildman–Crippen LogP) is 1.44. The maximum absolute atomic E-state index is 13.3. The molecule has 0 bridgehead atoms. The molecule has 5 heteroatoms. The highest BCUT2D eigenvalue weighted by Gasteiger charge is 2.10. The second kappa shape index (κ2) is 6.96. The van der Waals surface area contributed by atoms with E-state index >= 15 is 0 Å². The van der Waals surface area contributed by atoms with Crippen LogP contribution in [0.5, 0.6) is 5.75 Å². The summed E-state index contributed by atoms with van der Waals surface area (Å²) in [5.74, 6) is -0.770. The van der Waals surface area contributed by atoms with Gasteiger partial charge in [-0.25, -0.2) is 4.39 Å². The number of nitrogens with two attached hydrogens (primary N) is 1. The Kier molecular flexibility index (Phi) is 5.58. The number of carbonyl (C=O) groups is 1. The van der Waals surface area contributed by atoms with Gasteiger partial charge in [-0.05, 0) is 24.2 Å². The average molecular weight is 254 g/mol. The Morgan fingerprint density at radius 2 is 2.22 bits per heavy atom. The molecule has 0 aliphatic rings. The summed E-state index contributed by atoms with van der Waals surface area (Å²) in [4.78, 5) is 10.9. The molecule has 0 fully saturated rings. The Balaban J connectivity index is 2.64. The monoisotopic (exact) mass is 254 g/mol. The van der Waals surface area contributed by atoms with Crippen molar-refractivity contribution in [2.75, 3.05) is 13.2 Å². The maximum Gasteiger partial charge on any atom is 0.223 e. The van der Waals surface area contributed by atoms with Crippen molar-refractivity contribution in [3.8, 4) is 5.75 Å². The Hall–Kier alpha value is -1.62. The molecule has 0 aliphatic carbocycles. The van der Waals surface area contributed by atoms with Crippen LogP contribution in [0.4, 0.5) is 4.39 Å². The summed E-state index contributed by atoms with van der Waals surface area (Å²) in [5, 5.41) is 3.11. The Labute approximate surface area is 106 Å². The van der Waals surface area contributed by atoms with E-state index in [1.54, 1.807) is 13.0 Å². The molecule has 1 rings (SSSR count). The highest BCUT2D eigenvalue weighted by Crippen LogP contribution is 2.17. The minimum Gasteiger partial charge on any atom is -0.493 e. The van der Waals surface area contributed by atoms with E-state index in [0.717, 1.165) is 12.1 Å². The molecule has 1 atom stereocenters. The average Bonchev–Trinajstić information content (AvgIpc) is 2.32. The molecule has 100 valence electrons. The van der Waals surface area contributed by atoms with Crippen molar-refractivity contribution in [2.45, 2.75) is 20.4 Å². The second-order valence-electron chi connectivity index (χ2n) is 4.19. The number of hydrogen-bond donors (Lipinski definition) is 2. The summed E-state index contributed by atoms with van der Waals surface area (Å²) < 4.78 is 18.7. The molecule has 0 radical (unpaired) electrons. The minimum absolute atomic E-state index is 0.152. The van der Waals surface area contributed by atoms with Gasteiger partial charge < -0.3 is 15.8 Å². The van der Waals surface area contributed by atoms with Crippen LogP contribution in [0.2, 0.25) is 0 Å². The van der Waals surface area contributed by atoms with Crippen molar-refractivity contribution in [3.63, 3.8) is 0 Å². The van der Waals surface area contributed by atoms with Crippen molar-refractivity contribution in [3.05, 3.63) is 29.6 Å². The first kappa shape index (κ1) is 14.4. The molecule has 0 saturated heterocycles. The first-order chi connectivity index (χ1) is 8.52. The number of halogens is 1. The summed E-state index contributed by atoms with van der Waals surface area (Å²) >= 11 is 0. The molecule has 1 amide bonds. The van der Waals surface area contributed by atoms with Crippen LogP contribution in [-0.4, -0.2) is 19.1 Å². The summed E-state index contributed by atoms with van der Waals surface area (Å²) in [7, 11) is 0. The van der Waals surface area contributed by atoms with Crippen LogP contribution in [0.25, 0.3) is 0 Å². The van der Waals surface area contributed by atoms with Crippen molar-refractivity contribution in [2.24, 2.45) is 11.7 Å².